The Labute approximate surface area is 75.2 Å². The number of aromatic nitrogens is 1. The zero-order valence-electron chi connectivity index (χ0n) is 6.67. The molecule has 0 saturated heterocycles. The topological polar surface area (TPSA) is 26.0 Å². The SMILES string of the molecule is CCc1ccc2oc(Cl)nc2c1. The number of rotatable bonds is 1. The average molecular weight is 182 g/mol. The fourth-order valence-electron chi connectivity index (χ4n) is 1.16. The highest BCUT2D eigenvalue weighted by atomic mass is 35.5. The van der Waals surface area contributed by atoms with Crippen LogP contribution in [0.4, 0.5) is 0 Å². The molecular weight excluding hydrogens is 174 g/mol. The third-order valence-electron chi connectivity index (χ3n) is 1.83. The second-order valence-corrected chi connectivity index (χ2v) is 2.95. The maximum atomic E-state index is 5.60. The first-order valence-electron chi connectivity index (χ1n) is 3.84. The van der Waals surface area contributed by atoms with E-state index in [1.807, 2.05) is 18.2 Å². The number of benzene rings is 1. The molecule has 2 rings (SSSR count). The Morgan fingerprint density at radius 1 is 1.50 bits per heavy atom. The van der Waals surface area contributed by atoms with Gasteiger partial charge in [0, 0.05) is 0 Å². The first-order chi connectivity index (χ1) is 5.79. The van der Waals surface area contributed by atoms with Crippen LogP contribution >= 0.6 is 11.6 Å². The molecule has 1 aromatic heterocycles. The van der Waals surface area contributed by atoms with E-state index in [1.165, 1.54) is 5.56 Å². The van der Waals surface area contributed by atoms with Crippen LogP contribution in [0.25, 0.3) is 11.1 Å². The molecule has 3 heteroatoms. The van der Waals surface area contributed by atoms with E-state index in [-0.39, 0.29) is 5.35 Å². The number of aryl methyl sites for hydroxylation is 1. The van der Waals surface area contributed by atoms with Crippen LogP contribution in [-0.2, 0) is 6.42 Å². The molecule has 62 valence electrons. The van der Waals surface area contributed by atoms with Crippen LogP contribution in [0.2, 0.25) is 5.35 Å². The average Bonchev–Trinajstić information content (AvgIpc) is 2.43. The minimum absolute atomic E-state index is 0.207. The third kappa shape index (κ3) is 1.18. The minimum Gasteiger partial charge on any atom is -0.428 e. The lowest BCUT2D eigenvalue weighted by atomic mass is 10.1. The van der Waals surface area contributed by atoms with E-state index < -0.39 is 0 Å². The van der Waals surface area contributed by atoms with E-state index in [1.54, 1.807) is 0 Å². The van der Waals surface area contributed by atoms with Crippen molar-refractivity contribution in [1.29, 1.82) is 0 Å². The first-order valence-corrected chi connectivity index (χ1v) is 4.22. The van der Waals surface area contributed by atoms with Gasteiger partial charge in [0.15, 0.2) is 5.58 Å². The van der Waals surface area contributed by atoms with Gasteiger partial charge in [-0.25, -0.2) is 0 Å². The molecule has 0 N–H and O–H groups in total. The summed E-state index contributed by atoms with van der Waals surface area (Å²) in [7, 11) is 0. The van der Waals surface area contributed by atoms with Crippen molar-refractivity contribution in [2.24, 2.45) is 0 Å². The summed E-state index contributed by atoms with van der Waals surface area (Å²) >= 11 is 5.60. The minimum atomic E-state index is 0.207. The van der Waals surface area contributed by atoms with E-state index >= 15 is 0 Å². The molecule has 0 radical (unpaired) electrons. The number of oxazole rings is 1. The zero-order valence-corrected chi connectivity index (χ0v) is 7.43. The van der Waals surface area contributed by atoms with Gasteiger partial charge in [0.05, 0.1) is 0 Å². The van der Waals surface area contributed by atoms with Gasteiger partial charge < -0.3 is 4.42 Å². The number of hydrogen-bond acceptors (Lipinski definition) is 2. The van der Waals surface area contributed by atoms with E-state index in [9.17, 15) is 0 Å². The predicted octanol–water partition coefficient (Wildman–Crippen LogP) is 3.04. The van der Waals surface area contributed by atoms with Gasteiger partial charge in [-0.2, -0.15) is 4.98 Å². The number of halogens is 1. The highest BCUT2D eigenvalue weighted by Crippen LogP contribution is 2.19. The summed E-state index contributed by atoms with van der Waals surface area (Å²) in [5, 5.41) is 0.207. The van der Waals surface area contributed by atoms with Crippen molar-refractivity contribution in [3.63, 3.8) is 0 Å². The molecule has 0 bridgehead atoms. The Bertz CT molecular complexity index is 408. The fourth-order valence-corrected chi connectivity index (χ4v) is 1.34. The van der Waals surface area contributed by atoms with Crippen molar-refractivity contribution >= 4 is 22.7 Å². The van der Waals surface area contributed by atoms with Crippen LogP contribution in [0.5, 0.6) is 0 Å². The van der Waals surface area contributed by atoms with Gasteiger partial charge in [0.1, 0.15) is 5.52 Å². The van der Waals surface area contributed by atoms with Crippen molar-refractivity contribution in [3.05, 3.63) is 29.1 Å². The molecule has 12 heavy (non-hydrogen) atoms. The second-order valence-electron chi connectivity index (χ2n) is 2.62. The van der Waals surface area contributed by atoms with Crippen LogP contribution in [0.3, 0.4) is 0 Å². The summed E-state index contributed by atoms with van der Waals surface area (Å²) in [6.45, 7) is 2.10. The lowest BCUT2D eigenvalue weighted by Gasteiger charge is -1.92. The summed E-state index contributed by atoms with van der Waals surface area (Å²) in [6.07, 6.45) is 1.00. The van der Waals surface area contributed by atoms with Gasteiger partial charge in [0.25, 0.3) is 5.35 Å². The molecule has 0 aliphatic rings. The van der Waals surface area contributed by atoms with Gasteiger partial charge in [-0.05, 0) is 35.7 Å². The van der Waals surface area contributed by atoms with Crippen molar-refractivity contribution in [2.45, 2.75) is 13.3 Å². The van der Waals surface area contributed by atoms with E-state index in [0.717, 1.165) is 17.5 Å². The fraction of sp³-hybridized carbons (Fsp3) is 0.222. The molecule has 0 aliphatic carbocycles. The molecule has 0 unspecified atom stereocenters. The summed E-state index contributed by atoms with van der Waals surface area (Å²) in [6, 6.07) is 5.90. The molecule has 0 saturated carbocycles. The smallest absolute Gasteiger partial charge is 0.293 e. The van der Waals surface area contributed by atoms with Gasteiger partial charge >= 0.3 is 0 Å². The van der Waals surface area contributed by atoms with Crippen molar-refractivity contribution in [2.75, 3.05) is 0 Å². The standard InChI is InChI=1S/C9H8ClNO/c1-2-6-3-4-8-7(5-6)11-9(10)12-8/h3-5H,2H2,1H3. The summed E-state index contributed by atoms with van der Waals surface area (Å²) < 4.78 is 5.12. The Morgan fingerprint density at radius 2 is 2.33 bits per heavy atom. The highest BCUT2D eigenvalue weighted by Gasteiger charge is 2.02. The zero-order chi connectivity index (χ0) is 8.55. The normalized spacial score (nSPS) is 10.8. The van der Waals surface area contributed by atoms with Gasteiger partial charge in [0.2, 0.25) is 0 Å². The van der Waals surface area contributed by atoms with E-state index in [2.05, 4.69) is 11.9 Å². The van der Waals surface area contributed by atoms with Crippen LogP contribution in [0.1, 0.15) is 12.5 Å². The lowest BCUT2D eigenvalue weighted by Crippen LogP contribution is -1.77. The van der Waals surface area contributed by atoms with Crippen LogP contribution in [-0.4, -0.2) is 4.98 Å². The monoisotopic (exact) mass is 181 g/mol. The lowest BCUT2D eigenvalue weighted by molar-refractivity contribution is 0.604. The highest BCUT2D eigenvalue weighted by molar-refractivity contribution is 6.28. The molecular formula is C9H8ClNO. The quantitative estimate of drug-likeness (QED) is 0.676. The summed E-state index contributed by atoms with van der Waals surface area (Å²) in [5.74, 6) is 0. The van der Waals surface area contributed by atoms with Crippen molar-refractivity contribution < 1.29 is 4.42 Å². The number of nitrogens with zero attached hydrogens (tertiary/aromatic N) is 1. The maximum absolute atomic E-state index is 5.60. The first kappa shape index (κ1) is 7.62. The van der Waals surface area contributed by atoms with Crippen LogP contribution in [0, 0.1) is 0 Å². The van der Waals surface area contributed by atoms with E-state index in [4.69, 9.17) is 16.0 Å². The molecule has 1 aromatic carbocycles. The number of hydrogen-bond donors (Lipinski definition) is 0. The molecule has 0 aliphatic heterocycles. The molecule has 1 heterocycles. The number of fused-ring (bicyclic) bond motifs is 1. The van der Waals surface area contributed by atoms with Crippen LogP contribution in [0.15, 0.2) is 22.6 Å². The van der Waals surface area contributed by atoms with Gasteiger partial charge in [-0.1, -0.05) is 13.0 Å². The molecule has 0 amide bonds. The van der Waals surface area contributed by atoms with Crippen molar-refractivity contribution in [1.82, 2.24) is 4.98 Å². The Balaban J connectivity index is 2.66. The van der Waals surface area contributed by atoms with Gasteiger partial charge in [-0.3, -0.25) is 0 Å². The molecule has 2 aromatic rings. The molecule has 0 spiro atoms. The Morgan fingerprint density at radius 3 is 3.08 bits per heavy atom. The van der Waals surface area contributed by atoms with Gasteiger partial charge in [-0.15, -0.1) is 0 Å². The molecule has 2 nitrogen and oxygen atoms in total. The molecule has 0 fully saturated rings. The van der Waals surface area contributed by atoms with Crippen LogP contribution < -0.4 is 0 Å². The summed E-state index contributed by atoms with van der Waals surface area (Å²) in [4.78, 5) is 4.02. The predicted molar refractivity (Wildman–Crippen MR) is 48.4 cm³/mol. The maximum Gasteiger partial charge on any atom is 0.293 e. The Hall–Kier alpha value is -1.02. The largest absolute Gasteiger partial charge is 0.428 e. The Kier molecular flexibility index (Phi) is 1.77. The summed E-state index contributed by atoms with van der Waals surface area (Å²) in [5.41, 5.74) is 2.82. The molecule has 0 atom stereocenters. The van der Waals surface area contributed by atoms with E-state index in [0.29, 0.717) is 0 Å². The second kappa shape index (κ2) is 2.79. The third-order valence-corrected chi connectivity index (χ3v) is 2.00. The van der Waals surface area contributed by atoms with Crippen molar-refractivity contribution in [3.8, 4) is 0 Å².